The maximum absolute atomic E-state index is 12.7. The van der Waals surface area contributed by atoms with E-state index in [0.29, 0.717) is 45.1 Å². The van der Waals surface area contributed by atoms with E-state index in [1.165, 1.54) is 11.3 Å². The third-order valence-electron chi connectivity index (χ3n) is 5.29. The van der Waals surface area contributed by atoms with Crippen LogP contribution in [0.4, 0.5) is 10.8 Å². The lowest BCUT2D eigenvalue weighted by atomic mass is 10.1. The number of carbonyl (C=O) groups is 3. The molecule has 1 fully saturated rings. The molecule has 0 saturated carbocycles. The topological polar surface area (TPSA) is 114 Å². The van der Waals surface area contributed by atoms with E-state index >= 15 is 0 Å². The van der Waals surface area contributed by atoms with Gasteiger partial charge in [0, 0.05) is 42.2 Å². The van der Waals surface area contributed by atoms with Crippen LogP contribution in [0.25, 0.3) is 0 Å². The zero-order chi connectivity index (χ0) is 24.1. The molecule has 176 valence electrons. The Morgan fingerprint density at radius 3 is 2.76 bits per heavy atom. The van der Waals surface area contributed by atoms with Crippen LogP contribution in [0.5, 0.6) is 5.75 Å². The van der Waals surface area contributed by atoms with Crippen LogP contribution in [0.1, 0.15) is 21.8 Å². The van der Waals surface area contributed by atoms with Gasteiger partial charge in [0.05, 0.1) is 13.0 Å². The van der Waals surface area contributed by atoms with Crippen LogP contribution < -0.4 is 20.3 Å². The smallest absolute Gasteiger partial charge is 0.251 e. The first-order chi connectivity index (χ1) is 16.4. The Bertz CT molecular complexity index is 1200. The fraction of sp³-hybridized carbons (Fsp3) is 0.261. The summed E-state index contributed by atoms with van der Waals surface area (Å²) in [5.41, 5.74) is 1.21. The molecule has 2 N–H and O–H groups in total. The lowest BCUT2D eigenvalue weighted by molar-refractivity contribution is -0.122. The fourth-order valence-corrected chi connectivity index (χ4v) is 4.38. The van der Waals surface area contributed by atoms with Crippen molar-refractivity contribution in [3.8, 4) is 5.75 Å². The van der Waals surface area contributed by atoms with Crippen molar-refractivity contribution in [2.24, 2.45) is 5.92 Å². The average molecular weight is 500 g/mol. The first-order valence-corrected chi connectivity index (χ1v) is 11.7. The van der Waals surface area contributed by atoms with Gasteiger partial charge < -0.3 is 20.3 Å². The fourth-order valence-electron chi connectivity index (χ4n) is 3.52. The summed E-state index contributed by atoms with van der Waals surface area (Å²) in [7, 11) is 1.54. The molecule has 4 rings (SSSR count). The second kappa shape index (κ2) is 10.6. The van der Waals surface area contributed by atoms with Gasteiger partial charge in [0.1, 0.15) is 10.8 Å². The molecule has 1 saturated heterocycles. The maximum Gasteiger partial charge on any atom is 0.251 e. The van der Waals surface area contributed by atoms with Crippen molar-refractivity contribution in [1.82, 2.24) is 15.5 Å². The normalized spacial score (nSPS) is 15.3. The van der Waals surface area contributed by atoms with Gasteiger partial charge >= 0.3 is 0 Å². The van der Waals surface area contributed by atoms with Crippen molar-refractivity contribution in [1.29, 1.82) is 0 Å². The second-order valence-corrected chi connectivity index (χ2v) is 9.11. The number of hydrogen-bond acceptors (Lipinski definition) is 7. The number of aromatic nitrogens is 2. The number of nitrogens with zero attached hydrogens (tertiary/aromatic N) is 3. The molecule has 1 atom stereocenters. The van der Waals surface area contributed by atoms with E-state index in [2.05, 4.69) is 20.8 Å². The standard InChI is InChI=1S/C23H22ClN5O4S/c1-33-18-4-2-3-14(11-18)21(31)25-10-9-19-27-28-23(34-19)26-22(32)15-12-20(30)29(13-15)17-7-5-16(24)6-8-17/h2-8,11,15H,9-10,12-13H2,1H3,(H,25,31)(H,26,28,32). The summed E-state index contributed by atoms with van der Waals surface area (Å²) in [4.78, 5) is 38.9. The van der Waals surface area contributed by atoms with Crippen LogP contribution in [0.15, 0.2) is 48.5 Å². The Hall–Kier alpha value is -3.50. The van der Waals surface area contributed by atoms with Crippen LogP contribution >= 0.6 is 22.9 Å². The van der Waals surface area contributed by atoms with E-state index < -0.39 is 5.92 Å². The van der Waals surface area contributed by atoms with Gasteiger partial charge in [0.2, 0.25) is 16.9 Å². The predicted molar refractivity (Wildman–Crippen MR) is 129 cm³/mol. The molecule has 0 bridgehead atoms. The van der Waals surface area contributed by atoms with Crippen molar-refractivity contribution in [3.05, 3.63) is 64.1 Å². The van der Waals surface area contributed by atoms with Gasteiger partial charge in [-0.2, -0.15) is 0 Å². The first-order valence-electron chi connectivity index (χ1n) is 10.5. The summed E-state index contributed by atoms with van der Waals surface area (Å²) in [6.45, 7) is 0.653. The van der Waals surface area contributed by atoms with Crippen LogP contribution in [0.2, 0.25) is 5.02 Å². The molecule has 1 aliphatic rings. The van der Waals surface area contributed by atoms with Gasteiger partial charge in [-0.05, 0) is 42.5 Å². The Kier molecular flexibility index (Phi) is 7.39. The van der Waals surface area contributed by atoms with Gasteiger partial charge in [-0.1, -0.05) is 29.0 Å². The molecule has 0 aliphatic carbocycles. The SMILES string of the molecule is COc1cccc(C(=O)NCCc2nnc(NC(=O)C3CC(=O)N(c4ccc(Cl)cc4)C3)s2)c1. The van der Waals surface area contributed by atoms with Crippen molar-refractivity contribution >= 4 is 51.5 Å². The molecule has 1 unspecified atom stereocenters. The molecule has 3 amide bonds. The highest BCUT2D eigenvalue weighted by molar-refractivity contribution is 7.15. The van der Waals surface area contributed by atoms with Crippen LogP contribution in [0.3, 0.4) is 0 Å². The number of nitrogens with one attached hydrogen (secondary N) is 2. The lowest BCUT2D eigenvalue weighted by Crippen LogP contribution is -2.28. The van der Waals surface area contributed by atoms with E-state index in [0.717, 1.165) is 0 Å². The number of benzene rings is 2. The third kappa shape index (κ3) is 5.70. The van der Waals surface area contributed by atoms with Crippen molar-refractivity contribution in [2.45, 2.75) is 12.8 Å². The Balaban J connectivity index is 1.26. The van der Waals surface area contributed by atoms with E-state index in [4.69, 9.17) is 16.3 Å². The minimum atomic E-state index is -0.488. The van der Waals surface area contributed by atoms with Gasteiger partial charge in [0.25, 0.3) is 5.91 Å². The second-order valence-electron chi connectivity index (χ2n) is 7.61. The highest BCUT2D eigenvalue weighted by Crippen LogP contribution is 2.27. The van der Waals surface area contributed by atoms with Gasteiger partial charge in [-0.25, -0.2) is 0 Å². The molecule has 0 radical (unpaired) electrons. The third-order valence-corrected chi connectivity index (χ3v) is 6.44. The van der Waals surface area contributed by atoms with Crippen molar-refractivity contribution < 1.29 is 19.1 Å². The van der Waals surface area contributed by atoms with Gasteiger partial charge in [-0.15, -0.1) is 10.2 Å². The molecule has 2 aromatic carbocycles. The quantitative estimate of drug-likeness (QED) is 0.492. The lowest BCUT2D eigenvalue weighted by Gasteiger charge is -2.16. The minimum Gasteiger partial charge on any atom is -0.497 e. The van der Waals surface area contributed by atoms with E-state index in [1.54, 1.807) is 60.5 Å². The van der Waals surface area contributed by atoms with Crippen LogP contribution in [-0.4, -0.2) is 48.1 Å². The summed E-state index contributed by atoms with van der Waals surface area (Å²) in [5, 5.41) is 15.3. The molecule has 11 heteroatoms. The molecular formula is C23H22ClN5O4S. The minimum absolute atomic E-state index is 0.118. The molecule has 3 aromatic rings. The summed E-state index contributed by atoms with van der Waals surface area (Å²) < 4.78 is 5.13. The Labute approximate surface area is 205 Å². The molecule has 0 spiro atoms. The van der Waals surface area contributed by atoms with Crippen molar-refractivity contribution in [3.63, 3.8) is 0 Å². The summed E-state index contributed by atoms with van der Waals surface area (Å²) in [5.74, 6) is -0.491. The molecule has 1 aliphatic heterocycles. The van der Waals surface area contributed by atoms with E-state index in [1.807, 2.05) is 0 Å². The predicted octanol–water partition coefficient (Wildman–Crippen LogP) is 3.16. The zero-order valence-corrected chi connectivity index (χ0v) is 19.9. The van der Waals surface area contributed by atoms with Gasteiger partial charge in [-0.3, -0.25) is 14.4 Å². The Morgan fingerprint density at radius 1 is 1.21 bits per heavy atom. The highest BCUT2D eigenvalue weighted by atomic mass is 35.5. The number of carbonyl (C=O) groups excluding carboxylic acids is 3. The molecule has 1 aromatic heterocycles. The number of methoxy groups -OCH3 is 1. The number of ether oxygens (including phenoxy) is 1. The number of rotatable bonds is 8. The summed E-state index contributed by atoms with van der Waals surface area (Å²) in [6.07, 6.45) is 0.589. The number of amides is 3. The summed E-state index contributed by atoms with van der Waals surface area (Å²) in [6, 6.07) is 13.8. The van der Waals surface area contributed by atoms with Crippen LogP contribution in [-0.2, 0) is 16.0 Å². The molecule has 34 heavy (non-hydrogen) atoms. The summed E-state index contributed by atoms with van der Waals surface area (Å²) >= 11 is 7.14. The monoisotopic (exact) mass is 499 g/mol. The zero-order valence-electron chi connectivity index (χ0n) is 18.3. The molecule has 9 nitrogen and oxygen atoms in total. The van der Waals surface area contributed by atoms with E-state index in [-0.39, 0.29) is 30.7 Å². The maximum atomic E-state index is 12.7. The van der Waals surface area contributed by atoms with E-state index in [9.17, 15) is 14.4 Å². The number of hydrogen-bond donors (Lipinski definition) is 2. The Morgan fingerprint density at radius 2 is 2.00 bits per heavy atom. The molecule has 2 heterocycles. The number of halogens is 1. The average Bonchev–Trinajstić information content (AvgIpc) is 3.46. The highest BCUT2D eigenvalue weighted by Gasteiger charge is 2.35. The number of anilines is 2. The largest absolute Gasteiger partial charge is 0.497 e. The first kappa shape index (κ1) is 23.7. The molecular weight excluding hydrogens is 478 g/mol. The van der Waals surface area contributed by atoms with Crippen LogP contribution in [0, 0.1) is 5.92 Å². The van der Waals surface area contributed by atoms with Gasteiger partial charge in [0.15, 0.2) is 0 Å². The van der Waals surface area contributed by atoms with Crippen molar-refractivity contribution in [2.75, 3.05) is 30.4 Å².